The van der Waals surface area contributed by atoms with Gasteiger partial charge in [-0.25, -0.2) is 4.98 Å². The first-order valence-corrected chi connectivity index (χ1v) is 6.82. The van der Waals surface area contributed by atoms with E-state index in [-0.39, 0.29) is 0 Å². The quantitative estimate of drug-likeness (QED) is 0.737. The largest absolute Gasteiger partial charge is 0.507 e. The third-order valence-corrected chi connectivity index (χ3v) is 4.09. The number of hydrogen-bond acceptors (Lipinski definition) is 4. The smallest absolute Gasteiger partial charge is 0.181 e. The fourth-order valence-electron chi connectivity index (χ4n) is 2.37. The Hall–Kier alpha value is -1.81. The fraction of sp³-hybridized carbons (Fsp3) is 0.214. The van der Waals surface area contributed by atoms with Crippen molar-refractivity contribution in [3.63, 3.8) is 0 Å². The van der Waals surface area contributed by atoms with Gasteiger partial charge in [-0.05, 0) is 6.42 Å². The van der Waals surface area contributed by atoms with Gasteiger partial charge in [0.05, 0.1) is 10.2 Å². The maximum Gasteiger partial charge on any atom is 0.181 e. The number of nitrogens with two attached hydrogens (primary N) is 1. The van der Waals surface area contributed by atoms with Gasteiger partial charge in [0.15, 0.2) is 5.13 Å². The topological polar surface area (TPSA) is 59.1 Å². The zero-order chi connectivity index (χ0) is 12.7. The van der Waals surface area contributed by atoms with Crippen molar-refractivity contribution < 1.29 is 5.11 Å². The maximum absolute atomic E-state index is 10.4. The van der Waals surface area contributed by atoms with Crippen molar-refractivity contribution in [1.82, 2.24) is 4.98 Å². The predicted molar refractivity (Wildman–Crippen MR) is 77.2 cm³/mol. The van der Waals surface area contributed by atoms with Crippen LogP contribution >= 0.6 is 11.3 Å². The van der Waals surface area contributed by atoms with Gasteiger partial charge in [0.1, 0.15) is 5.75 Å². The highest BCUT2D eigenvalue weighted by Crippen LogP contribution is 2.40. The minimum absolute atomic E-state index is 0.378. The Labute approximate surface area is 109 Å². The van der Waals surface area contributed by atoms with Crippen LogP contribution in [0.2, 0.25) is 0 Å². The normalized spacial score (nSPS) is 11.4. The van der Waals surface area contributed by atoms with Crippen LogP contribution in [0.5, 0.6) is 5.75 Å². The monoisotopic (exact) mass is 258 g/mol. The molecule has 0 fully saturated rings. The van der Waals surface area contributed by atoms with Crippen LogP contribution in [0.25, 0.3) is 21.0 Å². The summed E-state index contributed by atoms with van der Waals surface area (Å²) in [4.78, 5) is 4.41. The van der Waals surface area contributed by atoms with Crippen LogP contribution in [0.3, 0.4) is 0 Å². The Morgan fingerprint density at radius 2 is 2.00 bits per heavy atom. The molecule has 3 N–H and O–H groups in total. The molecule has 92 valence electrons. The number of aromatic hydroxyl groups is 1. The molecule has 3 nitrogen and oxygen atoms in total. The number of anilines is 1. The molecule has 0 radical (unpaired) electrons. The molecule has 0 aliphatic rings. The molecule has 0 saturated carbocycles. The summed E-state index contributed by atoms with van der Waals surface area (Å²) in [6.45, 7) is 2.10. The lowest BCUT2D eigenvalue weighted by Crippen LogP contribution is -1.88. The summed E-state index contributed by atoms with van der Waals surface area (Å²) in [5.41, 5.74) is 7.71. The molecule has 1 aromatic heterocycles. The molecule has 3 rings (SSSR count). The van der Waals surface area contributed by atoms with E-state index in [2.05, 4.69) is 11.9 Å². The van der Waals surface area contributed by atoms with E-state index in [4.69, 9.17) is 5.73 Å². The summed E-state index contributed by atoms with van der Waals surface area (Å²) in [7, 11) is 0. The summed E-state index contributed by atoms with van der Waals surface area (Å²) in [5, 5.41) is 12.8. The van der Waals surface area contributed by atoms with Gasteiger partial charge in [0.2, 0.25) is 0 Å². The number of nitrogens with zero attached hydrogens (tertiary/aromatic N) is 1. The highest BCUT2D eigenvalue weighted by Gasteiger charge is 2.16. The number of thiazole rings is 1. The molecule has 3 aromatic rings. The third-order valence-electron chi connectivity index (χ3n) is 3.14. The molecule has 0 aliphatic carbocycles. The summed E-state index contributed by atoms with van der Waals surface area (Å²) < 4.78 is 1.02. The second-order valence-electron chi connectivity index (χ2n) is 4.35. The van der Waals surface area contributed by atoms with Gasteiger partial charge in [-0.3, -0.25) is 0 Å². The van der Waals surface area contributed by atoms with E-state index in [1.165, 1.54) is 11.3 Å². The molecular weight excluding hydrogens is 244 g/mol. The molecule has 0 saturated heterocycles. The van der Waals surface area contributed by atoms with E-state index in [9.17, 15) is 5.11 Å². The van der Waals surface area contributed by atoms with Gasteiger partial charge in [-0.1, -0.05) is 48.9 Å². The highest BCUT2D eigenvalue weighted by molar-refractivity contribution is 7.22. The van der Waals surface area contributed by atoms with Crippen LogP contribution < -0.4 is 5.73 Å². The molecule has 0 spiro atoms. The van der Waals surface area contributed by atoms with Crippen LogP contribution in [-0.2, 0) is 6.42 Å². The zero-order valence-corrected chi connectivity index (χ0v) is 10.9. The van der Waals surface area contributed by atoms with Gasteiger partial charge in [0, 0.05) is 16.3 Å². The third kappa shape index (κ3) is 1.53. The molecule has 1 heterocycles. The summed E-state index contributed by atoms with van der Waals surface area (Å²) in [5.74, 6) is 0.378. The highest BCUT2D eigenvalue weighted by atomic mass is 32.1. The molecule has 4 heteroatoms. The molecule has 0 aliphatic heterocycles. The minimum atomic E-state index is 0.378. The Kier molecular flexibility index (Phi) is 2.59. The van der Waals surface area contributed by atoms with E-state index in [0.29, 0.717) is 10.9 Å². The standard InChI is InChI=1S/C14H14N2OS/c1-2-5-10-12(17)9-7-4-3-6-8(9)11-13(10)18-14(15)16-11/h3-4,6-7,17H,2,5H2,1H3,(H2,15,16). The summed E-state index contributed by atoms with van der Waals surface area (Å²) >= 11 is 1.45. The van der Waals surface area contributed by atoms with Crippen LogP contribution in [0.1, 0.15) is 18.9 Å². The van der Waals surface area contributed by atoms with E-state index in [1.54, 1.807) is 0 Å². The average Bonchev–Trinajstić information content (AvgIpc) is 2.76. The van der Waals surface area contributed by atoms with Crippen molar-refractivity contribution in [2.75, 3.05) is 5.73 Å². The summed E-state index contributed by atoms with van der Waals surface area (Å²) in [6, 6.07) is 7.79. The molecule has 18 heavy (non-hydrogen) atoms. The number of nitrogen functional groups attached to an aromatic ring is 1. The first-order valence-electron chi connectivity index (χ1n) is 6.01. The molecular formula is C14H14N2OS. The van der Waals surface area contributed by atoms with Gasteiger partial charge in [-0.2, -0.15) is 0 Å². The lowest BCUT2D eigenvalue weighted by molar-refractivity contribution is 0.475. The van der Waals surface area contributed by atoms with E-state index in [1.807, 2.05) is 24.3 Å². The fourth-order valence-corrected chi connectivity index (χ4v) is 3.29. The van der Waals surface area contributed by atoms with Crippen molar-refractivity contribution in [1.29, 1.82) is 0 Å². The maximum atomic E-state index is 10.4. The Bertz CT molecular complexity index is 733. The lowest BCUT2D eigenvalue weighted by Gasteiger charge is -2.08. The molecule has 2 aromatic carbocycles. The SMILES string of the molecule is CCCc1c(O)c2ccccc2c2nc(N)sc12. The molecule has 0 unspecified atom stereocenters. The number of fused-ring (bicyclic) bond motifs is 3. The van der Waals surface area contributed by atoms with Crippen molar-refractivity contribution in [2.24, 2.45) is 0 Å². The van der Waals surface area contributed by atoms with Crippen molar-refractivity contribution in [3.8, 4) is 5.75 Å². The number of rotatable bonds is 2. The lowest BCUT2D eigenvalue weighted by atomic mass is 10.0. The summed E-state index contributed by atoms with van der Waals surface area (Å²) in [6.07, 6.45) is 1.83. The number of phenolic OH excluding ortho intramolecular Hbond substituents is 1. The van der Waals surface area contributed by atoms with Gasteiger partial charge >= 0.3 is 0 Å². The zero-order valence-electron chi connectivity index (χ0n) is 10.1. The van der Waals surface area contributed by atoms with Crippen molar-refractivity contribution in [2.45, 2.75) is 19.8 Å². The van der Waals surface area contributed by atoms with Crippen LogP contribution in [0.15, 0.2) is 24.3 Å². The van der Waals surface area contributed by atoms with Gasteiger partial charge < -0.3 is 10.8 Å². The van der Waals surface area contributed by atoms with Gasteiger partial charge in [0.25, 0.3) is 0 Å². The minimum Gasteiger partial charge on any atom is -0.507 e. The first kappa shape index (κ1) is 11.3. The average molecular weight is 258 g/mol. The molecule has 0 amide bonds. The van der Waals surface area contributed by atoms with Crippen molar-refractivity contribution >= 4 is 37.5 Å². The number of aryl methyl sites for hydroxylation is 1. The number of benzene rings is 2. The Balaban J connectivity index is 2.52. The molecule has 0 bridgehead atoms. The second kappa shape index (κ2) is 4.14. The van der Waals surface area contributed by atoms with Crippen molar-refractivity contribution in [3.05, 3.63) is 29.8 Å². The number of phenols is 1. The Morgan fingerprint density at radius 1 is 1.28 bits per heavy atom. The number of hydrogen-bond donors (Lipinski definition) is 2. The van der Waals surface area contributed by atoms with Crippen LogP contribution in [-0.4, -0.2) is 10.1 Å². The van der Waals surface area contributed by atoms with E-state index >= 15 is 0 Å². The van der Waals surface area contributed by atoms with Gasteiger partial charge in [-0.15, -0.1) is 0 Å². The first-order chi connectivity index (χ1) is 8.72. The Morgan fingerprint density at radius 3 is 2.72 bits per heavy atom. The van der Waals surface area contributed by atoms with E-state index in [0.717, 1.165) is 39.4 Å². The number of aromatic nitrogens is 1. The van der Waals surface area contributed by atoms with E-state index < -0.39 is 0 Å². The second-order valence-corrected chi connectivity index (χ2v) is 5.38. The predicted octanol–water partition coefficient (Wildman–Crippen LogP) is 3.69. The van der Waals surface area contributed by atoms with Crippen LogP contribution in [0, 0.1) is 0 Å². The van der Waals surface area contributed by atoms with Crippen LogP contribution in [0.4, 0.5) is 5.13 Å². The molecule has 0 atom stereocenters.